The first-order valence-electron chi connectivity index (χ1n) is 11.2. The Bertz CT molecular complexity index is 843. The van der Waals surface area contributed by atoms with Crippen molar-refractivity contribution >= 4 is 29.1 Å². The number of benzene rings is 2. The lowest BCUT2D eigenvalue weighted by atomic mass is 9.82. The second-order valence-electron chi connectivity index (χ2n) is 9.10. The first-order valence-corrected chi connectivity index (χ1v) is 12.0. The molecule has 1 N–H and O–H groups in total. The lowest BCUT2D eigenvalue weighted by molar-refractivity contribution is -0.152. The number of rotatable bonds is 8. The maximum Gasteiger partial charge on any atom is 0.251 e. The van der Waals surface area contributed by atoms with E-state index in [0.717, 1.165) is 18.4 Å². The molecule has 5 heteroatoms. The summed E-state index contributed by atoms with van der Waals surface area (Å²) in [6.45, 7) is 6.44. The fourth-order valence-corrected chi connectivity index (χ4v) is 4.61. The van der Waals surface area contributed by atoms with Crippen molar-refractivity contribution in [3.05, 3.63) is 69.7 Å². The van der Waals surface area contributed by atoms with Crippen molar-refractivity contribution in [3.8, 4) is 0 Å². The van der Waals surface area contributed by atoms with Gasteiger partial charge in [0.25, 0.3) is 5.91 Å². The van der Waals surface area contributed by atoms with E-state index in [1.807, 2.05) is 62.4 Å². The number of hydrogen-bond donors (Lipinski definition) is 1. The highest BCUT2D eigenvalue weighted by Gasteiger charge is 2.33. The van der Waals surface area contributed by atoms with E-state index in [9.17, 15) is 4.79 Å². The second kappa shape index (κ2) is 10.8. The summed E-state index contributed by atoms with van der Waals surface area (Å²) in [4.78, 5) is 13.1. The Morgan fingerprint density at radius 2 is 1.48 bits per heavy atom. The molecule has 0 heterocycles. The van der Waals surface area contributed by atoms with Crippen LogP contribution in [-0.4, -0.2) is 24.2 Å². The average molecular weight is 462 g/mol. The van der Waals surface area contributed by atoms with Gasteiger partial charge in [0.1, 0.15) is 5.60 Å². The van der Waals surface area contributed by atoms with Gasteiger partial charge in [-0.25, -0.2) is 0 Å². The summed E-state index contributed by atoms with van der Waals surface area (Å²) in [6.07, 6.45) is 5.88. The van der Waals surface area contributed by atoms with Crippen LogP contribution in [0, 0.1) is 0 Å². The summed E-state index contributed by atoms with van der Waals surface area (Å²) < 4.78 is 6.21. The number of carbonyl (C=O) groups excluding carboxylic acids is 1. The van der Waals surface area contributed by atoms with Crippen LogP contribution in [0.3, 0.4) is 0 Å². The van der Waals surface area contributed by atoms with Crippen molar-refractivity contribution in [2.24, 2.45) is 0 Å². The third-order valence-corrected chi connectivity index (χ3v) is 6.84. The third-order valence-electron chi connectivity index (χ3n) is 6.34. The Hall–Kier alpha value is -1.55. The smallest absolute Gasteiger partial charge is 0.251 e. The number of carbonyl (C=O) groups is 1. The molecular weight excluding hydrogens is 429 g/mol. The highest BCUT2D eigenvalue weighted by molar-refractivity contribution is 6.30. The molecule has 31 heavy (non-hydrogen) atoms. The van der Waals surface area contributed by atoms with Gasteiger partial charge in [-0.05, 0) is 68.0 Å². The summed E-state index contributed by atoms with van der Waals surface area (Å²) in [5, 5.41) is 4.58. The summed E-state index contributed by atoms with van der Waals surface area (Å²) in [7, 11) is 0. The highest BCUT2D eigenvalue weighted by Crippen LogP contribution is 2.34. The predicted octanol–water partition coefficient (Wildman–Crippen LogP) is 7.12. The van der Waals surface area contributed by atoms with Crippen LogP contribution in [-0.2, 0) is 9.53 Å². The van der Waals surface area contributed by atoms with Gasteiger partial charge in [-0.3, -0.25) is 4.79 Å². The number of nitrogens with one attached hydrogen (secondary N) is 1. The van der Waals surface area contributed by atoms with E-state index < -0.39 is 5.60 Å². The van der Waals surface area contributed by atoms with Gasteiger partial charge in [-0.2, -0.15) is 0 Å². The quantitative estimate of drug-likeness (QED) is 0.453. The van der Waals surface area contributed by atoms with Crippen LogP contribution in [0.15, 0.2) is 48.5 Å². The maximum absolute atomic E-state index is 13.1. The molecule has 2 aromatic carbocycles. The maximum atomic E-state index is 13.1. The van der Waals surface area contributed by atoms with Crippen LogP contribution in [0.25, 0.3) is 0 Å². The zero-order chi connectivity index (χ0) is 22.4. The number of hydrogen-bond acceptors (Lipinski definition) is 2. The molecule has 0 bridgehead atoms. The van der Waals surface area contributed by atoms with Crippen LogP contribution in [0.1, 0.15) is 75.8 Å². The van der Waals surface area contributed by atoms with Crippen LogP contribution in [0.4, 0.5) is 0 Å². The Labute approximate surface area is 196 Å². The molecule has 168 valence electrons. The van der Waals surface area contributed by atoms with Crippen molar-refractivity contribution in [1.29, 1.82) is 0 Å². The van der Waals surface area contributed by atoms with E-state index in [2.05, 4.69) is 12.2 Å². The second-order valence-corrected chi connectivity index (χ2v) is 9.97. The molecular formula is C26H33Cl2NO2. The number of halogens is 2. The van der Waals surface area contributed by atoms with Crippen molar-refractivity contribution < 1.29 is 9.53 Å². The zero-order valence-corrected chi connectivity index (χ0v) is 20.2. The lowest BCUT2D eigenvalue weighted by Crippen LogP contribution is -2.47. The molecule has 1 saturated carbocycles. The summed E-state index contributed by atoms with van der Waals surface area (Å²) in [6, 6.07) is 15.8. The van der Waals surface area contributed by atoms with Gasteiger partial charge in [0.15, 0.2) is 0 Å². The van der Waals surface area contributed by atoms with E-state index in [1.54, 1.807) is 0 Å². The summed E-state index contributed by atoms with van der Waals surface area (Å²) in [5.74, 6) is 0.203. The molecule has 2 atom stereocenters. The molecule has 0 aromatic heterocycles. The Balaban J connectivity index is 1.72. The molecule has 1 amide bonds. The van der Waals surface area contributed by atoms with Gasteiger partial charge in [0.2, 0.25) is 0 Å². The van der Waals surface area contributed by atoms with Gasteiger partial charge in [0, 0.05) is 22.5 Å². The average Bonchev–Trinajstić information content (AvgIpc) is 2.75. The Kier molecular flexibility index (Phi) is 8.43. The van der Waals surface area contributed by atoms with Gasteiger partial charge in [0.05, 0.1) is 6.10 Å². The Morgan fingerprint density at radius 1 is 0.968 bits per heavy atom. The largest absolute Gasteiger partial charge is 0.363 e. The first-order chi connectivity index (χ1) is 14.8. The standard InChI is InChI=1S/C26H33Cl2NO2/c1-18(19-9-13-21(27)14-10-19)24(20-11-15-22(28)16-12-20)17-29-25(30)26(2,3)31-23-7-5-4-6-8-23/h9-16,18,23-24H,4-8,17H2,1-3H3,(H,29,30). The Morgan fingerprint density at radius 3 is 2.03 bits per heavy atom. The van der Waals surface area contributed by atoms with Crippen molar-refractivity contribution in [2.75, 3.05) is 6.54 Å². The van der Waals surface area contributed by atoms with E-state index in [1.165, 1.54) is 24.8 Å². The molecule has 1 aliphatic carbocycles. The predicted molar refractivity (Wildman–Crippen MR) is 129 cm³/mol. The molecule has 1 aliphatic rings. The van der Waals surface area contributed by atoms with Crippen LogP contribution < -0.4 is 5.32 Å². The molecule has 2 aromatic rings. The molecule has 3 rings (SSSR count). The monoisotopic (exact) mass is 461 g/mol. The minimum Gasteiger partial charge on any atom is -0.363 e. The molecule has 3 nitrogen and oxygen atoms in total. The number of ether oxygens (including phenoxy) is 1. The van der Waals surface area contributed by atoms with E-state index in [-0.39, 0.29) is 23.8 Å². The van der Waals surface area contributed by atoms with Gasteiger partial charge < -0.3 is 10.1 Å². The minimum absolute atomic E-state index is 0.0691. The van der Waals surface area contributed by atoms with E-state index in [0.29, 0.717) is 16.6 Å². The molecule has 0 aliphatic heterocycles. The SMILES string of the molecule is CC(c1ccc(Cl)cc1)C(CNC(=O)C(C)(C)OC1CCCCC1)c1ccc(Cl)cc1. The fraction of sp³-hybridized carbons (Fsp3) is 0.500. The van der Waals surface area contributed by atoms with Crippen molar-refractivity contribution in [3.63, 3.8) is 0 Å². The van der Waals surface area contributed by atoms with Crippen LogP contribution in [0.5, 0.6) is 0 Å². The molecule has 0 saturated heterocycles. The number of amides is 1. The molecule has 2 unspecified atom stereocenters. The van der Waals surface area contributed by atoms with Crippen molar-refractivity contribution in [2.45, 2.75) is 76.4 Å². The van der Waals surface area contributed by atoms with Crippen LogP contribution in [0.2, 0.25) is 10.0 Å². The fourth-order valence-electron chi connectivity index (χ4n) is 4.36. The van der Waals surface area contributed by atoms with Crippen molar-refractivity contribution in [1.82, 2.24) is 5.32 Å². The van der Waals surface area contributed by atoms with Crippen LogP contribution >= 0.6 is 23.2 Å². The molecule has 0 spiro atoms. The lowest BCUT2D eigenvalue weighted by Gasteiger charge is -2.33. The van der Waals surface area contributed by atoms with Gasteiger partial charge in [-0.1, -0.05) is 73.7 Å². The third kappa shape index (κ3) is 6.71. The summed E-state index contributed by atoms with van der Waals surface area (Å²) in [5.41, 5.74) is 1.46. The molecule has 0 radical (unpaired) electrons. The highest BCUT2D eigenvalue weighted by atomic mass is 35.5. The topological polar surface area (TPSA) is 38.3 Å². The van der Waals surface area contributed by atoms with E-state index >= 15 is 0 Å². The molecule has 1 fully saturated rings. The normalized spacial score (nSPS) is 17.2. The van der Waals surface area contributed by atoms with Gasteiger partial charge >= 0.3 is 0 Å². The zero-order valence-electron chi connectivity index (χ0n) is 18.7. The summed E-state index contributed by atoms with van der Waals surface area (Å²) >= 11 is 12.2. The minimum atomic E-state index is -0.851. The van der Waals surface area contributed by atoms with E-state index in [4.69, 9.17) is 27.9 Å². The van der Waals surface area contributed by atoms with Gasteiger partial charge in [-0.15, -0.1) is 0 Å². The first kappa shape index (κ1) is 24.1.